The fourth-order valence-electron chi connectivity index (χ4n) is 4.13. The third-order valence-corrected chi connectivity index (χ3v) is 5.21. The molecule has 1 aromatic carbocycles. The predicted octanol–water partition coefficient (Wildman–Crippen LogP) is 2.40. The van der Waals surface area contributed by atoms with E-state index in [0.717, 1.165) is 36.6 Å². The van der Waals surface area contributed by atoms with Gasteiger partial charge in [0.1, 0.15) is 6.34 Å². The average Bonchev–Trinajstić information content (AvgIpc) is 3.12. The van der Waals surface area contributed by atoms with Gasteiger partial charge in [-0.3, -0.25) is 4.79 Å². The Morgan fingerprint density at radius 1 is 1.33 bits per heavy atom. The Kier molecular flexibility index (Phi) is 3.69. The number of amides is 1. The molecule has 2 atom stereocenters. The zero-order valence-corrected chi connectivity index (χ0v) is 13.3. The molecule has 0 saturated carbocycles. The van der Waals surface area contributed by atoms with Gasteiger partial charge in [-0.1, -0.05) is 18.2 Å². The molecule has 6 heteroatoms. The molecule has 2 bridgehead atoms. The van der Waals surface area contributed by atoms with Gasteiger partial charge >= 0.3 is 0 Å². The number of aromatic amines is 1. The number of aromatic nitrogens is 1. The van der Waals surface area contributed by atoms with Crippen LogP contribution in [0.15, 0.2) is 35.5 Å². The second-order valence-corrected chi connectivity index (χ2v) is 6.57. The van der Waals surface area contributed by atoms with Crippen LogP contribution in [0.3, 0.4) is 0 Å². The fraction of sp³-hybridized carbons (Fsp3) is 0.389. The lowest BCUT2D eigenvalue weighted by molar-refractivity contribution is 0.0908. The molecule has 2 saturated heterocycles. The van der Waals surface area contributed by atoms with Crippen LogP contribution in [0.1, 0.15) is 36.0 Å². The van der Waals surface area contributed by atoms with Crippen molar-refractivity contribution in [1.29, 1.82) is 5.26 Å². The number of para-hydroxylation sites is 1. The van der Waals surface area contributed by atoms with Crippen LogP contribution in [0, 0.1) is 11.5 Å². The lowest BCUT2D eigenvalue weighted by atomic mass is 9.97. The number of H-pyrrole nitrogens is 1. The van der Waals surface area contributed by atoms with Crippen LogP contribution in [0.2, 0.25) is 0 Å². The number of benzene rings is 1. The van der Waals surface area contributed by atoms with Crippen LogP contribution in [0.25, 0.3) is 10.9 Å². The molecular formula is C18H19N5O. The van der Waals surface area contributed by atoms with E-state index in [2.05, 4.69) is 20.2 Å². The standard InChI is InChI=1S/C18H19N5O/c19-10-20-11-23-13-5-6-14(23)8-12(7-13)22-18(24)16-9-21-17-4-2-1-3-15(16)17/h1-4,9,11-14,21H,5-8H2,(H,22,24)/b20-11+. The normalized spacial score (nSPS) is 26.0. The number of nitriles is 1. The molecule has 0 spiro atoms. The van der Waals surface area contributed by atoms with Gasteiger partial charge in [0, 0.05) is 35.2 Å². The predicted molar refractivity (Wildman–Crippen MR) is 91.5 cm³/mol. The largest absolute Gasteiger partial charge is 0.360 e. The number of aliphatic imine (C=N–C) groups is 1. The summed E-state index contributed by atoms with van der Waals surface area (Å²) in [5, 5.41) is 12.8. The highest BCUT2D eigenvalue weighted by atomic mass is 16.1. The van der Waals surface area contributed by atoms with Crippen molar-refractivity contribution in [2.75, 3.05) is 0 Å². The average molecular weight is 321 g/mol. The zero-order chi connectivity index (χ0) is 16.5. The van der Waals surface area contributed by atoms with Crippen molar-refractivity contribution < 1.29 is 4.79 Å². The molecule has 6 nitrogen and oxygen atoms in total. The molecular weight excluding hydrogens is 302 g/mol. The van der Waals surface area contributed by atoms with E-state index in [4.69, 9.17) is 5.26 Å². The van der Waals surface area contributed by atoms with Gasteiger partial charge in [0.15, 0.2) is 0 Å². The highest BCUT2D eigenvalue weighted by Crippen LogP contribution is 2.34. The van der Waals surface area contributed by atoms with Gasteiger partial charge < -0.3 is 15.2 Å². The number of rotatable bonds is 3. The third-order valence-electron chi connectivity index (χ3n) is 5.21. The van der Waals surface area contributed by atoms with Crippen molar-refractivity contribution in [3.8, 4) is 6.19 Å². The quantitative estimate of drug-likeness (QED) is 0.517. The number of nitrogens with one attached hydrogen (secondary N) is 2. The summed E-state index contributed by atoms with van der Waals surface area (Å²) in [5.41, 5.74) is 1.68. The first-order chi connectivity index (χ1) is 11.8. The summed E-state index contributed by atoms with van der Waals surface area (Å²) in [6, 6.07) is 8.75. The van der Waals surface area contributed by atoms with E-state index in [1.54, 1.807) is 12.5 Å². The number of hydrogen-bond donors (Lipinski definition) is 2. The van der Waals surface area contributed by atoms with Crippen LogP contribution in [0.5, 0.6) is 0 Å². The number of nitrogens with zero attached hydrogens (tertiary/aromatic N) is 3. The molecule has 2 fully saturated rings. The van der Waals surface area contributed by atoms with Crippen molar-refractivity contribution in [2.45, 2.75) is 43.8 Å². The molecule has 2 aliphatic heterocycles. The van der Waals surface area contributed by atoms with Crippen molar-refractivity contribution in [3.63, 3.8) is 0 Å². The Bertz CT molecular complexity index is 819. The van der Waals surface area contributed by atoms with E-state index in [1.807, 2.05) is 30.5 Å². The summed E-state index contributed by atoms with van der Waals surface area (Å²) < 4.78 is 0. The highest BCUT2D eigenvalue weighted by Gasteiger charge is 2.40. The number of fused-ring (bicyclic) bond motifs is 3. The summed E-state index contributed by atoms with van der Waals surface area (Å²) >= 11 is 0. The molecule has 2 aliphatic rings. The Hall–Kier alpha value is -2.81. The first-order valence-corrected chi connectivity index (χ1v) is 8.33. The van der Waals surface area contributed by atoms with Gasteiger partial charge in [0.2, 0.25) is 6.19 Å². The minimum Gasteiger partial charge on any atom is -0.360 e. The van der Waals surface area contributed by atoms with Gasteiger partial charge in [0.05, 0.1) is 5.56 Å². The van der Waals surface area contributed by atoms with Crippen LogP contribution in [-0.4, -0.2) is 40.3 Å². The van der Waals surface area contributed by atoms with Crippen LogP contribution >= 0.6 is 0 Å². The summed E-state index contributed by atoms with van der Waals surface area (Å²) in [6.07, 6.45) is 9.27. The molecule has 4 rings (SSSR count). The number of carbonyl (C=O) groups is 1. The molecule has 1 aromatic heterocycles. The highest BCUT2D eigenvalue weighted by molar-refractivity contribution is 6.06. The monoisotopic (exact) mass is 321 g/mol. The first kappa shape index (κ1) is 14.8. The molecule has 1 amide bonds. The van der Waals surface area contributed by atoms with E-state index in [9.17, 15) is 4.79 Å². The van der Waals surface area contributed by atoms with Crippen LogP contribution in [0.4, 0.5) is 0 Å². The van der Waals surface area contributed by atoms with Gasteiger partial charge in [-0.15, -0.1) is 0 Å². The maximum Gasteiger partial charge on any atom is 0.253 e. The lowest BCUT2D eigenvalue weighted by Crippen LogP contribution is -2.49. The van der Waals surface area contributed by atoms with Crippen molar-refractivity contribution >= 4 is 23.1 Å². The van der Waals surface area contributed by atoms with Gasteiger partial charge in [-0.25, -0.2) is 0 Å². The molecule has 2 unspecified atom stereocenters. The fourth-order valence-corrected chi connectivity index (χ4v) is 4.13. The van der Waals surface area contributed by atoms with Gasteiger partial charge in [0.25, 0.3) is 5.91 Å². The Morgan fingerprint density at radius 2 is 2.08 bits per heavy atom. The van der Waals surface area contributed by atoms with E-state index >= 15 is 0 Å². The molecule has 0 aliphatic carbocycles. The minimum absolute atomic E-state index is 0.0176. The summed E-state index contributed by atoms with van der Waals surface area (Å²) in [4.78, 5) is 21.7. The van der Waals surface area contributed by atoms with E-state index in [0.29, 0.717) is 17.6 Å². The Balaban J connectivity index is 1.46. The molecule has 0 radical (unpaired) electrons. The van der Waals surface area contributed by atoms with Crippen molar-refractivity contribution in [3.05, 3.63) is 36.0 Å². The molecule has 122 valence electrons. The number of piperidine rings is 1. The molecule has 2 N–H and O–H groups in total. The van der Waals surface area contributed by atoms with Gasteiger partial charge in [-0.05, 0) is 31.7 Å². The third kappa shape index (κ3) is 2.52. The van der Waals surface area contributed by atoms with Crippen molar-refractivity contribution in [2.24, 2.45) is 4.99 Å². The minimum atomic E-state index is -0.0176. The smallest absolute Gasteiger partial charge is 0.253 e. The SMILES string of the molecule is N#C/N=C/N1C2CCC1CC(NC(=O)c1c[nH]c3ccccc13)C2. The number of carbonyl (C=O) groups excluding carboxylic acids is 1. The van der Waals surface area contributed by atoms with Gasteiger partial charge in [-0.2, -0.15) is 10.3 Å². The maximum absolute atomic E-state index is 12.7. The summed E-state index contributed by atoms with van der Waals surface area (Å²) in [7, 11) is 0. The maximum atomic E-state index is 12.7. The second kappa shape index (κ2) is 6.00. The molecule has 3 heterocycles. The zero-order valence-electron chi connectivity index (χ0n) is 13.3. The number of hydrogen-bond acceptors (Lipinski definition) is 3. The topological polar surface area (TPSA) is 84.3 Å². The van der Waals surface area contributed by atoms with E-state index < -0.39 is 0 Å². The molecule has 2 aromatic rings. The summed E-state index contributed by atoms with van der Waals surface area (Å²) in [6.45, 7) is 0. The van der Waals surface area contributed by atoms with Crippen molar-refractivity contribution in [1.82, 2.24) is 15.2 Å². The summed E-state index contributed by atoms with van der Waals surface area (Å²) in [5.74, 6) is -0.0176. The first-order valence-electron chi connectivity index (χ1n) is 8.33. The van der Waals surface area contributed by atoms with Crippen LogP contribution in [-0.2, 0) is 0 Å². The van der Waals surface area contributed by atoms with E-state index in [1.165, 1.54) is 0 Å². The van der Waals surface area contributed by atoms with E-state index in [-0.39, 0.29) is 11.9 Å². The lowest BCUT2D eigenvalue weighted by Gasteiger charge is -2.37. The molecule has 24 heavy (non-hydrogen) atoms. The Morgan fingerprint density at radius 3 is 2.83 bits per heavy atom. The van der Waals surface area contributed by atoms with Crippen LogP contribution < -0.4 is 5.32 Å². The second-order valence-electron chi connectivity index (χ2n) is 6.57. The Labute approximate surface area is 140 Å².